The van der Waals surface area contributed by atoms with E-state index in [-0.39, 0.29) is 5.75 Å². The van der Waals surface area contributed by atoms with E-state index in [4.69, 9.17) is 0 Å². The van der Waals surface area contributed by atoms with Gasteiger partial charge < -0.3 is 0 Å². The summed E-state index contributed by atoms with van der Waals surface area (Å²) < 4.78 is 25.9. The lowest BCUT2D eigenvalue weighted by molar-refractivity contribution is 0.578. The molecule has 2 aromatic rings. The summed E-state index contributed by atoms with van der Waals surface area (Å²) in [5.74, 6) is 0.186. The summed E-state index contributed by atoms with van der Waals surface area (Å²) in [6, 6.07) is 0. The molecule has 114 valence electrons. The fraction of sp³-hybridized carbons (Fsp3) is 0.462. The average molecular weight is 326 g/mol. The Morgan fingerprint density at radius 2 is 2.19 bits per heavy atom. The minimum Gasteiger partial charge on any atom is -0.261 e. The van der Waals surface area contributed by atoms with Crippen LogP contribution in [0.5, 0.6) is 0 Å². The third-order valence-corrected chi connectivity index (χ3v) is 5.19. The second-order valence-corrected chi connectivity index (χ2v) is 7.34. The smallest absolute Gasteiger partial charge is 0.211 e. The van der Waals surface area contributed by atoms with Gasteiger partial charge in [-0.1, -0.05) is 13.3 Å². The minimum atomic E-state index is -3.16. The molecular weight excluding hydrogens is 308 g/mol. The van der Waals surface area contributed by atoms with Crippen LogP contribution in [-0.4, -0.2) is 35.7 Å². The van der Waals surface area contributed by atoms with Crippen molar-refractivity contribution in [1.82, 2.24) is 19.7 Å². The summed E-state index contributed by atoms with van der Waals surface area (Å²) in [6.45, 7) is 2.34. The van der Waals surface area contributed by atoms with Crippen molar-refractivity contribution in [2.45, 2.75) is 26.2 Å². The second-order valence-electron chi connectivity index (χ2n) is 4.55. The Labute approximate surface area is 128 Å². The molecule has 1 N–H and O–H groups in total. The molecule has 0 fully saturated rings. The van der Waals surface area contributed by atoms with Gasteiger partial charge in [0, 0.05) is 30.7 Å². The Morgan fingerprint density at radius 3 is 2.90 bits per heavy atom. The molecule has 0 unspecified atom stereocenters. The zero-order valence-corrected chi connectivity index (χ0v) is 13.5. The van der Waals surface area contributed by atoms with Gasteiger partial charge in [-0.2, -0.15) is 0 Å². The van der Waals surface area contributed by atoms with E-state index >= 15 is 0 Å². The van der Waals surface area contributed by atoms with Crippen molar-refractivity contribution in [3.8, 4) is 10.7 Å². The van der Waals surface area contributed by atoms with E-state index in [1.54, 1.807) is 18.6 Å². The van der Waals surface area contributed by atoms with Crippen molar-refractivity contribution in [1.29, 1.82) is 0 Å². The molecule has 6 nitrogen and oxygen atoms in total. The predicted octanol–water partition coefficient (Wildman–Crippen LogP) is 1.86. The number of hydrogen-bond donors (Lipinski definition) is 1. The molecule has 0 aliphatic heterocycles. The van der Waals surface area contributed by atoms with Crippen LogP contribution < -0.4 is 4.72 Å². The van der Waals surface area contributed by atoms with Crippen molar-refractivity contribution >= 4 is 21.4 Å². The predicted molar refractivity (Wildman–Crippen MR) is 83.5 cm³/mol. The average Bonchev–Trinajstić information content (AvgIpc) is 2.95. The first-order valence-corrected chi connectivity index (χ1v) is 9.32. The summed E-state index contributed by atoms with van der Waals surface area (Å²) in [7, 11) is -3.16. The summed E-state index contributed by atoms with van der Waals surface area (Å²) in [5, 5.41) is 2.72. The third-order valence-electron chi connectivity index (χ3n) is 2.80. The molecule has 0 aromatic carbocycles. The molecule has 2 aromatic heterocycles. The molecule has 0 saturated heterocycles. The normalized spacial score (nSPS) is 11.7. The lowest BCUT2D eigenvalue weighted by atomic mass is 10.3. The number of unbranched alkanes of at least 4 members (excludes halogenated alkanes) is 1. The first-order valence-electron chi connectivity index (χ1n) is 6.79. The van der Waals surface area contributed by atoms with Crippen LogP contribution in [-0.2, 0) is 16.4 Å². The molecule has 2 rings (SSSR count). The largest absolute Gasteiger partial charge is 0.261 e. The fourth-order valence-electron chi connectivity index (χ4n) is 1.69. The molecule has 0 aliphatic carbocycles. The number of nitrogens with zero attached hydrogens (tertiary/aromatic N) is 3. The number of sulfonamides is 1. The SMILES string of the molecule is CCCCS(=O)(=O)NCCc1csc(-c2cnccn2)n1. The maximum absolute atomic E-state index is 11.7. The van der Waals surface area contributed by atoms with Crippen molar-refractivity contribution in [3.63, 3.8) is 0 Å². The van der Waals surface area contributed by atoms with Crippen molar-refractivity contribution in [2.24, 2.45) is 0 Å². The first-order chi connectivity index (χ1) is 10.1. The van der Waals surface area contributed by atoms with E-state index in [9.17, 15) is 8.42 Å². The molecule has 0 bridgehead atoms. The summed E-state index contributed by atoms with van der Waals surface area (Å²) >= 11 is 1.48. The number of nitrogens with one attached hydrogen (secondary N) is 1. The van der Waals surface area contributed by atoms with Gasteiger partial charge in [0.25, 0.3) is 0 Å². The van der Waals surface area contributed by atoms with Crippen LogP contribution in [0.1, 0.15) is 25.5 Å². The Hall–Kier alpha value is -1.38. The van der Waals surface area contributed by atoms with Crippen molar-refractivity contribution in [2.75, 3.05) is 12.3 Å². The lowest BCUT2D eigenvalue weighted by Crippen LogP contribution is -2.28. The summed E-state index contributed by atoms with van der Waals surface area (Å²) in [4.78, 5) is 12.6. The second kappa shape index (κ2) is 7.58. The van der Waals surface area contributed by atoms with Gasteiger partial charge in [-0.15, -0.1) is 11.3 Å². The molecule has 8 heteroatoms. The Morgan fingerprint density at radius 1 is 1.33 bits per heavy atom. The first kappa shape index (κ1) is 16.0. The van der Waals surface area contributed by atoms with Gasteiger partial charge in [0.05, 0.1) is 17.6 Å². The van der Waals surface area contributed by atoms with Crippen molar-refractivity contribution in [3.05, 3.63) is 29.7 Å². The quantitative estimate of drug-likeness (QED) is 0.800. The van der Waals surface area contributed by atoms with E-state index in [1.165, 1.54) is 11.3 Å². The lowest BCUT2D eigenvalue weighted by Gasteiger charge is -2.04. The van der Waals surface area contributed by atoms with Gasteiger partial charge in [-0.05, 0) is 6.42 Å². The number of thiazole rings is 1. The minimum absolute atomic E-state index is 0.186. The number of aromatic nitrogens is 3. The molecule has 21 heavy (non-hydrogen) atoms. The summed E-state index contributed by atoms with van der Waals surface area (Å²) in [6.07, 6.45) is 7.02. The molecule has 0 aliphatic rings. The van der Waals surface area contributed by atoms with E-state index in [0.29, 0.717) is 19.4 Å². The molecule has 0 amide bonds. The Balaban J connectivity index is 1.86. The van der Waals surface area contributed by atoms with E-state index in [1.807, 2.05) is 12.3 Å². The van der Waals surface area contributed by atoms with Gasteiger partial charge in [0.2, 0.25) is 10.0 Å². The number of hydrogen-bond acceptors (Lipinski definition) is 6. The van der Waals surface area contributed by atoms with Gasteiger partial charge >= 0.3 is 0 Å². The molecule has 0 atom stereocenters. The van der Waals surface area contributed by atoms with Crippen LogP contribution in [0.2, 0.25) is 0 Å². The van der Waals surface area contributed by atoms with Gasteiger partial charge in [0.15, 0.2) is 0 Å². The topological polar surface area (TPSA) is 84.8 Å². The monoisotopic (exact) mass is 326 g/mol. The van der Waals surface area contributed by atoms with Crippen LogP contribution >= 0.6 is 11.3 Å². The third kappa shape index (κ3) is 5.14. The standard InChI is InChI=1S/C13H18N4O2S2/c1-2-3-8-21(18,19)16-5-4-11-10-20-13(17-11)12-9-14-6-7-15-12/h6-7,9-10,16H,2-5,8H2,1H3. The zero-order chi connectivity index (χ0) is 15.1. The highest BCUT2D eigenvalue weighted by Crippen LogP contribution is 2.20. The molecule has 2 heterocycles. The Bertz CT molecular complexity index is 656. The van der Waals surface area contributed by atoms with Gasteiger partial charge in [-0.3, -0.25) is 9.97 Å². The van der Waals surface area contributed by atoms with E-state index in [0.717, 1.165) is 22.8 Å². The van der Waals surface area contributed by atoms with Crippen LogP contribution in [0.15, 0.2) is 24.0 Å². The van der Waals surface area contributed by atoms with Gasteiger partial charge in [-0.25, -0.2) is 18.1 Å². The fourth-order valence-corrected chi connectivity index (χ4v) is 3.73. The van der Waals surface area contributed by atoms with Crippen LogP contribution in [0.3, 0.4) is 0 Å². The number of rotatable bonds is 8. The van der Waals surface area contributed by atoms with Gasteiger partial charge in [0.1, 0.15) is 10.7 Å². The molecule has 0 spiro atoms. The summed E-state index contributed by atoms with van der Waals surface area (Å²) in [5.41, 5.74) is 1.59. The van der Waals surface area contributed by atoms with Crippen LogP contribution in [0, 0.1) is 0 Å². The highest BCUT2D eigenvalue weighted by atomic mass is 32.2. The Kier molecular flexibility index (Phi) is 5.77. The zero-order valence-electron chi connectivity index (χ0n) is 11.8. The highest BCUT2D eigenvalue weighted by molar-refractivity contribution is 7.89. The molecule has 0 radical (unpaired) electrons. The highest BCUT2D eigenvalue weighted by Gasteiger charge is 2.10. The maximum atomic E-state index is 11.7. The van der Waals surface area contributed by atoms with Crippen molar-refractivity contribution < 1.29 is 8.42 Å². The van der Waals surface area contributed by atoms with E-state index in [2.05, 4.69) is 19.7 Å². The van der Waals surface area contributed by atoms with Crippen LogP contribution in [0.25, 0.3) is 10.7 Å². The van der Waals surface area contributed by atoms with Crippen LogP contribution in [0.4, 0.5) is 0 Å². The van der Waals surface area contributed by atoms with E-state index < -0.39 is 10.0 Å². The molecular formula is C13H18N4O2S2. The maximum Gasteiger partial charge on any atom is 0.211 e. The molecule has 0 saturated carbocycles.